The van der Waals surface area contributed by atoms with Crippen molar-refractivity contribution >= 4 is 54.9 Å². The smallest absolute Gasteiger partial charge is 0.197 e. The van der Waals surface area contributed by atoms with Crippen LogP contribution in [0.15, 0.2) is 63.7 Å². The van der Waals surface area contributed by atoms with Crippen molar-refractivity contribution < 1.29 is 13.2 Å². The minimum absolute atomic E-state index is 0.297. The van der Waals surface area contributed by atoms with E-state index in [1.807, 2.05) is 24.3 Å². The van der Waals surface area contributed by atoms with Crippen LogP contribution in [0.2, 0.25) is 0 Å². The number of fused-ring (bicyclic) bond motifs is 9. The van der Waals surface area contributed by atoms with E-state index in [4.69, 9.17) is 8.83 Å². The molecule has 0 saturated heterocycles. The number of hydrogen-bond acceptors (Lipinski definition) is 4. The molecule has 5 heteroatoms. The molecule has 0 aliphatic rings. The second-order valence-electron chi connectivity index (χ2n) is 6.04. The van der Waals surface area contributed by atoms with Crippen LogP contribution in [0.25, 0.3) is 54.9 Å². The molecule has 118 valence electrons. The van der Waals surface area contributed by atoms with Gasteiger partial charge in [0.15, 0.2) is 22.3 Å². The highest BCUT2D eigenvalue weighted by molar-refractivity contribution is 6.29. The van der Waals surface area contributed by atoms with Crippen molar-refractivity contribution in [3.8, 4) is 0 Å². The van der Waals surface area contributed by atoms with Gasteiger partial charge in [-0.15, -0.1) is 0 Å². The van der Waals surface area contributed by atoms with E-state index in [9.17, 15) is 4.39 Å². The summed E-state index contributed by atoms with van der Waals surface area (Å²) in [5, 5.41) is 3.29. The summed E-state index contributed by atoms with van der Waals surface area (Å²) in [7, 11) is 0. The van der Waals surface area contributed by atoms with Crippen LogP contribution in [0.4, 0.5) is 4.39 Å². The Labute approximate surface area is 139 Å². The first kappa shape index (κ1) is 12.9. The molecule has 3 heterocycles. The van der Waals surface area contributed by atoms with Crippen molar-refractivity contribution in [1.82, 2.24) is 9.97 Å². The number of para-hydroxylation sites is 2. The number of hydrogen-bond donors (Lipinski definition) is 0. The minimum Gasteiger partial charge on any atom is -0.449 e. The molecular formula is C20H9FN2O2. The van der Waals surface area contributed by atoms with E-state index in [0.29, 0.717) is 27.8 Å². The zero-order valence-electron chi connectivity index (χ0n) is 12.8. The van der Waals surface area contributed by atoms with Gasteiger partial charge in [0.25, 0.3) is 0 Å². The molecular weight excluding hydrogens is 319 g/mol. The van der Waals surface area contributed by atoms with Crippen LogP contribution in [-0.4, -0.2) is 9.97 Å². The first-order chi connectivity index (χ1) is 12.3. The highest BCUT2D eigenvalue weighted by atomic mass is 19.1. The van der Waals surface area contributed by atoms with Gasteiger partial charge >= 0.3 is 0 Å². The van der Waals surface area contributed by atoms with Crippen LogP contribution in [0.5, 0.6) is 0 Å². The van der Waals surface area contributed by atoms with Crippen molar-refractivity contribution in [2.24, 2.45) is 0 Å². The lowest BCUT2D eigenvalue weighted by Crippen LogP contribution is -1.80. The highest BCUT2D eigenvalue weighted by Gasteiger charge is 2.19. The van der Waals surface area contributed by atoms with Gasteiger partial charge in [-0.3, -0.25) is 4.98 Å². The molecule has 6 rings (SSSR count). The fourth-order valence-corrected chi connectivity index (χ4v) is 3.52. The Kier molecular flexibility index (Phi) is 2.23. The molecule has 3 aromatic heterocycles. The monoisotopic (exact) mass is 328 g/mol. The zero-order valence-corrected chi connectivity index (χ0v) is 12.8. The first-order valence-corrected chi connectivity index (χ1v) is 7.86. The standard InChI is InChI=1S/C20H9FN2O2/c21-10-5-6-14-11(7-10)17-12-8-22-9-13(12)19-20(18(17)23-14)25-16-4-2-1-3-15(16)24-19/h1-9H. The fraction of sp³-hybridized carbons (Fsp3) is 0. The molecule has 4 nitrogen and oxygen atoms in total. The van der Waals surface area contributed by atoms with Crippen LogP contribution in [0.1, 0.15) is 0 Å². The lowest BCUT2D eigenvalue weighted by molar-refractivity contribution is 0.586. The van der Waals surface area contributed by atoms with E-state index in [0.717, 1.165) is 27.1 Å². The molecule has 0 unspecified atom stereocenters. The Balaban J connectivity index is 1.99. The molecule has 0 N–H and O–H groups in total. The Morgan fingerprint density at radius 2 is 1.56 bits per heavy atom. The Morgan fingerprint density at radius 3 is 2.40 bits per heavy atom. The van der Waals surface area contributed by atoms with E-state index in [2.05, 4.69) is 9.97 Å². The SMILES string of the molecule is Fc1ccc2nc3c4oc5ccccc5oc4c4cncc4c3c2c1. The van der Waals surface area contributed by atoms with Crippen molar-refractivity contribution in [3.05, 3.63) is 60.7 Å². The van der Waals surface area contributed by atoms with Crippen LogP contribution >= 0.6 is 0 Å². The number of nitrogens with zero attached hydrogens (tertiary/aromatic N) is 2. The Hall–Kier alpha value is -3.47. The van der Waals surface area contributed by atoms with Gasteiger partial charge in [-0.1, -0.05) is 12.1 Å². The summed E-state index contributed by atoms with van der Waals surface area (Å²) in [6, 6.07) is 12.1. The summed E-state index contributed by atoms with van der Waals surface area (Å²) >= 11 is 0. The maximum atomic E-state index is 13.8. The average molecular weight is 328 g/mol. The zero-order chi connectivity index (χ0) is 16.5. The van der Waals surface area contributed by atoms with Crippen molar-refractivity contribution in [2.45, 2.75) is 0 Å². The van der Waals surface area contributed by atoms with E-state index in [1.54, 1.807) is 18.5 Å². The Bertz CT molecular complexity index is 1460. The van der Waals surface area contributed by atoms with E-state index in [1.165, 1.54) is 12.1 Å². The highest BCUT2D eigenvalue weighted by Crippen LogP contribution is 2.40. The summed E-state index contributed by atoms with van der Waals surface area (Å²) in [6.45, 7) is 0. The molecule has 25 heavy (non-hydrogen) atoms. The van der Waals surface area contributed by atoms with Gasteiger partial charge in [0.1, 0.15) is 11.3 Å². The molecule has 0 spiro atoms. The molecule has 0 amide bonds. The molecule has 0 saturated carbocycles. The summed E-state index contributed by atoms with van der Waals surface area (Å²) in [4.78, 5) is 8.94. The van der Waals surface area contributed by atoms with Crippen molar-refractivity contribution in [1.29, 1.82) is 0 Å². The molecule has 0 atom stereocenters. The van der Waals surface area contributed by atoms with Gasteiger partial charge in [0.2, 0.25) is 0 Å². The minimum atomic E-state index is -0.297. The van der Waals surface area contributed by atoms with Crippen molar-refractivity contribution in [3.63, 3.8) is 0 Å². The molecule has 0 fully saturated rings. The topological polar surface area (TPSA) is 52.1 Å². The van der Waals surface area contributed by atoms with Gasteiger partial charge in [0, 0.05) is 33.9 Å². The molecule has 0 radical (unpaired) electrons. The Morgan fingerprint density at radius 1 is 0.800 bits per heavy atom. The van der Waals surface area contributed by atoms with Crippen LogP contribution < -0.4 is 0 Å². The molecule has 0 bridgehead atoms. The van der Waals surface area contributed by atoms with Gasteiger partial charge in [-0.2, -0.15) is 0 Å². The first-order valence-electron chi connectivity index (χ1n) is 7.86. The number of benzene rings is 3. The van der Waals surface area contributed by atoms with E-state index < -0.39 is 0 Å². The maximum Gasteiger partial charge on any atom is 0.197 e. The molecule has 0 aliphatic carbocycles. The number of rotatable bonds is 0. The predicted octanol–water partition coefficient (Wildman–Crippen LogP) is 5.57. The second-order valence-corrected chi connectivity index (χ2v) is 6.04. The van der Waals surface area contributed by atoms with Gasteiger partial charge < -0.3 is 8.83 Å². The third-order valence-corrected chi connectivity index (χ3v) is 4.60. The predicted molar refractivity (Wildman–Crippen MR) is 94.1 cm³/mol. The number of halogens is 1. The summed E-state index contributed by atoms with van der Waals surface area (Å²) in [5.41, 5.74) is 3.81. The quantitative estimate of drug-likeness (QED) is 0.342. The lowest BCUT2D eigenvalue weighted by Gasteiger charge is -2.04. The second kappa shape index (κ2) is 4.33. The van der Waals surface area contributed by atoms with Crippen LogP contribution in [0, 0.1) is 5.82 Å². The van der Waals surface area contributed by atoms with Gasteiger partial charge in [-0.05, 0) is 30.3 Å². The number of aromatic nitrogens is 2. The van der Waals surface area contributed by atoms with Crippen LogP contribution in [0.3, 0.4) is 0 Å². The fourth-order valence-electron chi connectivity index (χ4n) is 3.52. The van der Waals surface area contributed by atoms with Crippen molar-refractivity contribution in [2.75, 3.05) is 0 Å². The van der Waals surface area contributed by atoms with Crippen LogP contribution in [-0.2, 0) is 0 Å². The van der Waals surface area contributed by atoms with E-state index in [-0.39, 0.29) is 5.82 Å². The third kappa shape index (κ3) is 1.59. The summed E-state index contributed by atoms with van der Waals surface area (Å²) in [6.07, 6.45) is 3.50. The molecule has 6 aromatic rings. The van der Waals surface area contributed by atoms with Gasteiger partial charge in [-0.25, -0.2) is 9.37 Å². The summed E-state index contributed by atoms with van der Waals surface area (Å²) < 4.78 is 26.0. The average Bonchev–Trinajstić information content (AvgIpc) is 3.24. The maximum absolute atomic E-state index is 13.8. The third-order valence-electron chi connectivity index (χ3n) is 4.60. The lowest BCUT2D eigenvalue weighted by atomic mass is 10.1. The molecule has 0 aliphatic heterocycles. The van der Waals surface area contributed by atoms with E-state index >= 15 is 0 Å². The summed E-state index contributed by atoms with van der Waals surface area (Å²) in [5.74, 6) is -0.297. The molecule has 3 aromatic carbocycles. The largest absolute Gasteiger partial charge is 0.449 e. The normalized spacial score (nSPS) is 12.2. The van der Waals surface area contributed by atoms with Gasteiger partial charge in [0.05, 0.1) is 5.52 Å².